The van der Waals surface area contributed by atoms with Crippen molar-refractivity contribution < 1.29 is 4.42 Å². The van der Waals surface area contributed by atoms with E-state index in [0.29, 0.717) is 17.5 Å². The van der Waals surface area contributed by atoms with Gasteiger partial charge in [-0.2, -0.15) is 0 Å². The molecule has 0 unspecified atom stereocenters. The molecule has 0 aliphatic rings. The molecule has 0 spiro atoms. The lowest BCUT2D eigenvalue weighted by Crippen LogP contribution is -1.99. The smallest absolute Gasteiger partial charge is 0.226 e. The summed E-state index contributed by atoms with van der Waals surface area (Å²) < 4.78 is 6.35. The van der Waals surface area contributed by atoms with Crippen LogP contribution < -0.4 is 5.32 Å². The van der Waals surface area contributed by atoms with Crippen molar-refractivity contribution in [1.29, 1.82) is 0 Å². The predicted molar refractivity (Wildman–Crippen MR) is 76.5 cm³/mol. The summed E-state index contributed by atoms with van der Waals surface area (Å²) in [5, 5.41) is 20.2. The lowest BCUT2D eigenvalue weighted by Gasteiger charge is -1.97. The predicted octanol–water partition coefficient (Wildman–Crippen LogP) is 2.99. The largest absolute Gasteiger partial charge is 0.424 e. The monoisotopic (exact) mass is 299 g/mol. The molecule has 2 aromatic rings. The fraction of sp³-hybridized carbons (Fsp3) is 0.636. The van der Waals surface area contributed by atoms with Gasteiger partial charge < -0.3 is 9.73 Å². The molecule has 2 aromatic heterocycles. The second-order valence-corrected chi connectivity index (χ2v) is 6.09. The Labute approximate surface area is 120 Å². The van der Waals surface area contributed by atoms with Crippen molar-refractivity contribution in [3.63, 3.8) is 0 Å². The van der Waals surface area contributed by atoms with Gasteiger partial charge in [-0.1, -0.05) is 43.4 Å². The first kappa shape index (κ1) is 14.3. The van der Waals surface area contributed by atoms with Crippen molar-refractivity contribution in [2.24, 2.45) is 0 Å². The molecule has 1 N–H and O–H groups in total. The Morgan fingerprint density at radius 1 is 1.16 bits per heavy atom. The Hall–Kier alpha value is -1.15. The second kappa shape index (κ2) is 7.44. The third-order valence-electron chi connectivity index (χ3n) is 2.34. The molecule has 2 rings (SSSR count). The van der Waals surface area contributed by atoms with E-state index in [1.165, 1.54) is 6.42 Å². The number of nitrogens with one attached hydrogen (secondary N) is 1. The fourth-order valence-corrected chi connectivity index (χ4v) is 2.94. The third kappa shape index (κ3) is 4.46. The Morgan fingerprint density at radius 3 is 2.74 bits per heavy atom. The van der Waals surface area contributed by atoms with Crippen LogP contribution in [0.5, 0.6) is 0 Å². The molecule has 2 heterocycles. The normalized spacial score (nSPS) is 10.8. The Bertz CT molecular complexity index is 499. The number of hydrogen-bond donors (Lipinski definition) is 1. The van der Waals surface area contributed by atoms with Gasteiger partial charge in [-0.05, 0) is 6.42 Å². The summed E-state index contributed by atoms with van der Waals surface area (Å²) in [6.07, 6.45) is 3.08. The van der Waals surface area contributed by atoms with Crippen LogP contribution >= 0.6 is 23.1 Å². The summed E-state index contributed by atoms with van der Waals surface area (Å²) in [7, 11) is 0. The van der Waals surface area contributed by atoms with Crippen molar-refractivity contribution in [3.8, 4) is 0 Å². The first-order chi connectivity index (χ1) is 9.31. The highest BCUT2D eigenvalue weighted by Crippen LogP contribution is 2.27. The molecule has 0 bridgehead atoms. The van der Waals surface area contributed by atoms with E-state index < -0.39 is 0 Å². The van der Waals surface area contributed by atoms with Crippen LogP contribution in [0.15, 0.2) is 8.76 Å². The summed E-state index contributed by atoms with van der Waals surface area (Å²) in [5.41, 5.74) is 0. The third-order valence-corrected chi connectivity index (χ3v) is 4.34. The van der Waals surface area contributed by atoms with Crippen LogP contribution in [0.1, 0.15) is 38.5 Å². The molecule has 8 heteroatoms. The highest BCUT2D eigenvalue weighted by Gasteiger charge is 2.08. The maximum atomic E-state index is 5.44. The number of aryl methyl sites for hydroxylation is 1. The minimum atomic E-state index is 0.636. The molecule has 0 atom stereocenters. The average molecular weight is 299 g/mol. The average Bonchev–Trinajstić information content (AvgIpc) is 3.05. The van der Waals surface area contributed by atoms with Crippen molar-refractivity contribution in [1.82, 2.24) is 20.4 Å². The topological polar surface area (TPSA) is 76.7 Å². The van der Waals surface area contributed by atoms with Gasteiger partial charge in [-0.25, -0.2) is 0 Å². The minimum Gasteiger partial charge on any atom is -0.424 e. The lowest BCUT2D eigenvalue weighted by atomic mass is 10.3. The van der Waals surface area contributed by atoms with Crippen LogP contribution in [-0.2, 0) is 12.2 Å². The van der Waals surface area contributed by atoms with Gasteiger partial charge in [0.1, 0.15) is 0 Å². The molecule has 0 radical (unpaired) electrons. The molecule has 104 valence electrons. The number of thioether (sulfide) groups is 1. The maximum absolute atomic E-state index is 5.44. The van der Waals surface area contributed by atoms with Gasteiger partial charge in [0.25, 0.3) is 0 Å². The van der Waals surface area contributed by atoms with E-state index in [1.54, 1.807) is 23.1 Å². The van der Waals surface area contributed by atoms with Gasteiger partial charge in [-0.3, -0.25) is 0 Å². The minimum absolute atomic E-state index is 0.636. The summed E-state index contributed by atoms with van der Waals surface area (Å²) >= 11 is 3.12. The summed E-state index contributed by atoms with van der Waals surface area (Å²) in [6, 6.07) is 0. The van der Waals surface area contributed by atoms with Crippen LogP contribution in [0.4, 0.5) is 5.13 Å². The molecule has 19 heavy (non-hydrogen) atoms. The summed E-state index contributed by atoms with van der Waals surface area (Å²) in [6.45, 7) is 5.10. The number of rotatable bonds is 8. The standard InChI is InChI=1S/C11H17N5OS2/c1-3-5-6-12-10-15-16-11(19-10)18-7-9-14-13-8(4-2)17-9/h3-7H2,1-2H3,(H,12,15). The second-order valence-electron chi connectivity index (χ2n) is 3.89. The summed E-state index contributed by atoms with van der Waals surface area (Å²) in [5.74, 6) is 1.95. The van der Waals surface area contributed by atoms with Gasteiger partial charge >= 0.3 is 0 Å². The van der Waals surface area contributed by atoms with Gasteiger partial charge in [0.15, 0.2) is 4.34 Å². The van der Waals surface area contributed by atoms with E-state index in [0.717, 1.165) is 28.9 Å². The van der Waals surface area contributed by atoms with E-state index in [4.69, 9.17) is 4.42 Å². The van der Waals surface area contributed by atoms with Crippen molar-refractivity contribution >= 4 is 28.2 Å². The van der Waals surface area contributed by atoms with E-state index >= 15 is 0 Å². The Kier molecular flexibility index (Phi) is 5.59. The first-order valence-electron chi connectivity index (χ1n) is 6.33. The molecule has 0 aliphatic heterocycles. The number of nitrogens with zero attached hydrogens (tertiary/aromatic N) is 4. The quantitative estimate of drug-likeness (QED) is 0.593. The van der Waals surface area contributed by atoms with Crippen molar-refractivity contribution in [2.75, 3.05) is 11.9 Å². The molecule has 6 nitrogen and oxygen atoms in total. The molecule has 0 aliphatic carbocycles. The van der Waals surface area contributed by atoms with Gasteiger partial charge in [0.2, 0.25) is 16.9 Å². The van der Waals surface area contributed by atoms with E-state index in [2.05, 4.69) is 32.6 Å². The SMILES string of the molecule is CCCCNc1nnc(SCc2nnc(CC)o2)s1. The van der Waals surface area contributed by atoms with E-state index in [1.807, 2.05) is 6.92 Å². The zero-order valence-electron chi connectivity index (χ0n) is 11.0. The van der Waals surface area contributed by atoms with Crippen LogP contribution in [0.2, 0.25) is 0 Å². The van der Waals surface area contributed by atoms with E-state index in [-0.39, 0.29) is 0 Å². The number of hydrogen-bond acceptors (Lipinski definition) is 8. The molecule has 0 saturated carbocycles. The number of aromatic nitrogens is 4. The van der Waals surface area contributed by atoms with Crippen molar-refractivity contribution in [3.05, 3.63) is 11.8 Å². The lowest BCUT2D eigenvalue weighted by molar-refractivity contribution is 0.470. The fourth-order valence-electron chi connectivity index (χ4n) is 1.32. The molecule has 0 amide bonds. The number of anilines is 1. The Morgan fingerprint density at radius 2 is 2.00 bits per heavy atom. The highest BCUT2D eigenvalue weighted by atomic mass is 32.2. The molecular formula is C11H17N5OS2. The van der Waals surface area contributed by atoms with Gasteiger partial charge in [0.05, 0.1) is 5.75 Å². The molecule has 0 fully saturated rings. The van der Waals surface area contributed by atoms with Crippen molar-refractivity contribution in [2.45, 2.75) is 43.2 Å². The summed E-state index contributed by atoms with van der Waals surface area (Å²) in [4.78, 5) is 0. The highest BCUT2D eigenvalue weighted by molar-refractivity contribution is 8.00. The molecule has 0 saturated heterocycles. The zero-order chi connectivity index (χ0) is 13.5. The van der Waals surface area contributed by atoms with Crippen LogP contribution in [0.3, 0.4) is 0 Å². The first-order valence-corrected chi connectivity index (χ1v) is 8.13. The van der Waals surface area contributed by atoms with Crippen LogP contribution in [-0.4, -0.2) is 26.9 Å². The zero-order valence-corrected chi connectivity index (χ0v) is 12.7. The van der Waals surface area contributed by atoms with Crippen LogP contribution in [0, 0.1) is 0 Å². The van der Waals surface area contributed by atoms with Gasteiger partial charge in [-0.15, -0.1) is 20.4 Å². The van der Waals surface area contributed by atoms with Gasteiger partial charge in [0, 0.05) is 13.0 Å². The Balaban J connectivity index is 1.79. The van der Waals surface area contributed by atoms with E-state index in [9.17, 15) is 0 Å². The molecule has 0 aromatic carbocycles. The molecular weight excluding hydrogens is 282 g/mol. The van der Waals surface area contributed by atoms with Crippen LogP contribution in [0.25, 0.3) is 0 Å². The number of unbranched alkanes of at least 4 members (excludes halogenated alkanes) is 1. The maximum Gasteiger partial charge on any atom is 0.226 e.